The zero-order valence-corrected chi connectivity index (χ0v) is 18.7. The fourth-order valence-electron chi connectivity index (χ4n) is 3.44. The Balaban J connectivity index is 1.62. The fraction of sp³-hybridized carbons (Fsp3) is 0.217. The maximum Gasteiger partial charge on any atom is 0.337 e. The summed E-state index contributed by atoms with van der Waals surface area (Å²) in [6.07, 6.45) is 0. The first-order valence-electron chi connectivity index (χ1n) is 9.88. The summed E-state index contributed by atoms with van der Waals surface area (Å²) in [4.78, 5) is 27.1. The molecule has 32 heavy (non-hydrogen) atoms. The van der Waals surface area contributed by atoms with Crippen molar-refractivity contribution in [3.63, 3.8) is 0 Å². The van der Waals surface area contributed by atoms with Crippen LogP contribution in [0.4, 0.5) is 11.4 Å². The van der Waals surface area contributed by atoms with Gasteiger partial charge in [-0.25, -0.2) is 4.79 Å². The van der Waals surface area contributed by atoms with Crippen molar-refractivity contribution in [3.8, 4) is 11.3 Å². The van der Waals surface area contributed by atoms with Crippen LogP contribution in [0, 0.1) is 0 Å². The molecule has 2 heterocycles. The molecule has 1 amide bonds. The third-order valence-electron chi connectivity index (χ3n) is 5.04. The summed E-state index contributed by atoms with van der Waals surface area (Å²) in [6, 6.07) is 13.2. The number of halogens is 2. The topological polar surface area (TPSA) is 81.0 Å². The normalized spacial score (nSPS) is 13.7. The first-order valence-corrected chi connectivity index (χ1v) is 10.6. The molecule has 0 radical (unpaired) electrons. The predicted molar refractivity (Wildman–Crippen MR) is 123 cm³/mol. The van der Waals surface area contributed by atoms with Gasteiger partial charge in [0.1, 0.15) is 5.76 Å². The molecule has 166 valence electrons. The number of anilines is 2. The van der Waals surface area contributed by atoms with Gasteiger partial charge in [0.25, 0.3) is 5.91 Å². The Morgan fingerprint density at radius 1 is 1.03 bits per heavy atom. The van der Waals surface area contributed by atoms with Gasteiger partial charge in [0.05, 0.1) is 42.3 Å². The van der Waals surface area contributed by atoms with E-state index in [1.807, 2.05) is 0 Å². The highest BCUT2D eigenvalue weighted by Gasteiger charge is 2.21. The number of methoxy groups -OCH3 is 1. The second-order valence-corrected chi connectivity index (χ2v) is 7.91. The monoisotopic (exact) mass is 474 g/mol. The number of morpholine rings is 1. The van der Waals surface area contributed by atoms with Crippen LogP contribution in [0.1, 0.15) is 20.9 Å². The largest absolute Gasteiger partial charge is 0.465 e. The molecule has 0 bridgehead atoms. The second kappa shape index (κ2) is 9.65. The number of hydrogen-bond donors (Lipinski definition) is 1. The molecule has 0 aliphatic carbocycles. The maximum atomic E-state index is 13.0. The van der Waals surface area contributed by atoms with Crippen molar-refractivity contribution in [1.82, 2.24) is 0 Å². The predicted octanol–water partition coefficient (Wildman–Crippen LogP) is 5.13. The zero-order valence-electron chi connectivity index (χ0n) is 17.2. The number of amides is 1. The number of hydrogen-bond acceptors (Lipinski definition) is 6. The van der Waals surface area contributed by atoms with E-state index in [0.29, 0.717) is 58.9 Å². The molecule has 0 spiro atoms. The van der Waals surface area contributed by atoms with Crippen molar-refractivity contribution in [2.75, 3.05) is 43.6 Å². The van der Waals surface area contributed by atoms with Crippen LogP contribution < -0.4 is 10.2 Å². The van der Waals surface area contributed by atoms with Crippen molar-refractivity contribution in [2.24, 2.45) is 0 Å². The van der Waals surface area contributed by atoms with Crippen molar-refractivity contribution in [1.29, 1.82) is 0 Å². The Kier molecular flexibility index (Phi) is 6.69. The zero-order chi connectivity index (χ0) is 22.7. The number of carbonyl (C=O) groups excluding carboxylic acids is 2. The van der Waals surface area contributed by atoms with Crippen LogP contribution in [0.2, 0.25) is 10.0 Å². The van der Waals surface area contributed by atoms with Crippen LogP contribution in [-0.2, 0) is 9.47 Å². The molecule has 1 aliphatic heterocycles. The van der Waals surface area contributed by atoms with Crippen molar-refractivity contribution >= 4 is 46.5 Å². The lowest BCUT2D eigenvalue weighted by Gasteiger charge is -2.30. The number of benzene rings is 2. The smallest absolute Gasteiger partial charge is 0.337 e. The number of carbonyl (C=O) groups is 2. The van der Waals surface area contributed by atoms with E-state index in [0.717, 1.165) is 5.69 Å². The summed E-state index contributed by atoms with van der Waals surface area (Å²) in [5, 5.41) is 3.81. The molecule has 2 aromatic carbocycles. The van der Waals surface area contributed by atoms with Gasteiger partial charge in [0.15, 0.2) is 5.76 Å². The molecule has 7 nitrogen and oxygen atoms in total. The van der Waals surface area contributed by atoms with Crippen LogP contribution in [0.15, 0.2) is 52.9 Å². The van der Waals surface area contributed by atoms with Gasteiger partial charge in [0, 0.05) is 23.7 Å². The Hall–Kier alpha value is -3.00. The minimum Gasteiger partial charge on any atom is -0.465 e. The standard InChI is InChI=1S/C23H20Cl2N2O5/c1-30-23(29)14-2-5-19(27-8-10-31-11-9-27)18(12-14)26-22(28)21-7-6-20(32-21)16-13-15(24)3-4-17(16)25/h2-7,12-13H,8-11H2,1H3,(H,26,28). The third-order valence-corrected chi connectivity index (χ3v) is 5.61. The average Bonchev–Trinajstić information content (AvgIpc) is 3.31. The van der Waals surface area contributed by atoms with Crippen LogP contribution in [-0.4, -0.2) is 45.3 Å². The molecule has 3 aromatic rings. The Morgan fingerprint density at radius 3 is 2.56 bits per heavy atom. The molecule has 0 unspecified atom stereocenters. The van der Waals surface area contributed by atoms with Crippen LogP contribution >= 0.6 is 23.2 Å². The van der Waals surface area contributed by atoms with Crippen molar-refractivity contribution < 1.29 is 23.5 Å². The summed E-state index contributed by atoms with van der Waals surface area (Å²) in [6.45, 7) is 2.49. The van der Waals surface area contributed by atoms with E-state index < -0.39 is 11.9 Å². The maximum absolute atomic E-state index is 13.0. The van der Waals surface area contributed by atoms with E-state index in [9.17, 15) is 9.59 Å². The minimum absolute atomic E-state index is 0.0902. The van der Waals surface area contributed by atoms with E-state index >= 15 is 0 Å². The number of nitrogens with one attached hydrogen (secondary N) is 1. The summed E-state index contributed by atoms with van der Waals surface area (Å²) in [5.74, 6) is -0.456. The molecule has 1 aliphatic rings. The van der Waals surface area contributed by atoms with E-state index in [1.54, 1.807) is 48.5 Å². The van der Waals surface area contributed by atoms with E-state index in [4.69, 9.17) is 37.1 Å². The first kappa shape index (κ1) is 22.2. The minimum atomic E-state index is -0.495. The number of rotatable bonds is 5. The molecule has 1 aromatic heterocycles. The van der Waals surface area contributed by atoms with Gasteiger partial charge < -0.3 is 24.1 Å². The molecule has 9 heteroatoms. The van der Waals surface area contributed by atoms with Gasteiger partial charge in [-0.3, -0.25) is 4.79 Å². The molecular weight excluding hydrogens is 455 g/mol. The van der Waals surface area contributed by atoms with Gasteiger partial charge in [0.2, 0.25) is 0 Å². The lowest BCUT2D eigenvalue weighted by molar-refractivity contribution is 0.0600. The number of nitrogens with zero attached hydrogens (tertiary/aromatic N) is 1. The van der Waals surface area contributed by atoms with E-state index in [2.05, 4.69) is 10.2 Å². The number of ether oxygens (including phenoxy) is 2. The Morgan fingerprint density at radius 2 is 1.81 bits per heavy atom. The van der Waals surface area contributed by atoms with Crippen molar-refractivity contribution in [3.05, 3.63) is 69.9 Å². The lowest BCUT2D eigenvalue weighted by Crippen LogP contribution is -2.36. The molecular formula is C23H20Cl2N2O5. The quantitative estimate of drug-likeness (QED) is 0.516. The highest BCUT2D eigenvalue weighted by Crippen LogP contribution is 2.33. The Bertz CT molecular complexity index is 1160. The first-order chi connectivity index (χ1) is 15.5. The number of furan rings is 1. The summed E-state index contributed by atoms with van der Waals surface area (Å²) >= 11 is 12.3. The van der Waals surface area contributed by atoms with Gasteiger partial charge in [-0.15, -0.1) is 0 Å². The Labute approximate surface area is 194 Å². The van der Waals surface area contributed by atoms with Crippen LogP contribution in [0.5, 0.6) is 0 Å². The highest BCUT2D eigenvalue weighted by molar-refractivity contribution is 6.35. The van der Waals surface area contributed by atoms with Crippen LogP contribution in [0.3, 0.4) is 0 Å². The van der Waals surface area contributed by atoms with E-state index in [1.165, 1.54) is 7.11 Å². The molecule has 0 saturated carbocycles. The molecule has 1 N–H and O–H groups in total. The van der Waals surface area contributed by atoms with Gasteiger partial charge in [-0.2, -0.15) is 0 Å². The van der Waals surface area contributed by atoms with Gasteiger partial charge >= 0.3 is 5.97 Å². The molecule has 1 fully saturated rings. The second-order valence-electron chi connectivity index (χ2n) is 7.07. The summed E-state index contributed by atoms with van der Waals surface area (Å²) < 4.78 is 16.0. The molecule has 1 saturated heterocycles. The van der Waals surface area contributed by atoms with Crippen molar-refractivity contribution in [2.45, 2.75) is 0 Å². The van der Waals surface area contributed by atoms with Gasteiger partial charge in [-0.05, 0) is 48.5 Å². The summed E-state index contributed by atoms with van der Waals surface area (Å²) in [5.41, 5.74) is 2.16. The van der Waals surface area contributed by atoms with E-state index in [-0.39, 0.29) is 5.76 Å². The third kappa shape index (κ3) is 4.75. The average molecular weight is 475 g/mol. The highest BCUT2D eigenvalue weighted by atomic mass is 35.5. The fourth-order valence-corrected chi connectivity index (χ4v) is 3.82. The molecule has 0 atom stereocenters. The SMILES string of the molecule is COC(=O)c1ccc(N2CCOCC2)c(NC(=O)c2ccc(-c3cc(Cl)ccc3Cl)o2)c1. The molecule has 4 rings (SSSR count). The summed E-state index contributed by atoms with van der Waals surface area (Å²) in [7, 11) is 1.31. The van der Waals surface area contributed by atoms with Crippen LogP contribution in [0.25, 0.3) is 11.3 Å². The number of esters is 1. The lowest BCUT2D eigenvalue weighted by atomic mass is 10.1. The van der Waals surface area contributed by atoms with Gasteiger partial charge in [-0.1, -0.05) is 23.2 Å².